The van der Waals surface area contributed by atoms with Crippen molar-refractivity contribution in [2.75, 3.05) is 43.6 Å². The number of hydrogen-bond acceptors (Lipinski definition) is 7. The molecular formula is C22H21ClN6O2. The molecule has 1 fully saturated rings. The van der Waals surface area contributed by atoms with Gasteiger partial charge in [-0.15, -0.1) is 0 Å². The van der Waals surface area contributed by atoms with E-state index in [1.807, 2.05) is 53.1 Å². The Morgan fingerprint density at radius 1 is 1.10 bits per heavy atom. The van der Waals surface area contributed by atoms with Gasteiger partial charge in [0.15, 0.2) is 5.15 Å². The molecule has 0 atom stereocenters. The maximum absolute atomic E-state index is 6.42. The summed E-state index contributed by atoms with van der Waals surface area (Å²) in [5, 5.41) is 3.69. The Morgan fingerprint density at radius 3 is 2.81 bits per heavy atom. The van der Waals surface area contributed by atoms with Crippen molar-refractivity contribution in [1.29, 1.82) is 0 Å². The molecule has 0 aliphatic carbocycles. The Hall–Kier alpha value is -3.36. The zero-order chi connectivity index (χ0) is 21.2. The van der Waals surface area contributed by atoms with Crippen LogP contribution in [0.3, 0.4) is 0 Å². The molecule has 1 saturated heterocycles. The molecule has 3 aromatic heterocycles. The van der Waals surface area contributed by atoms with Crippen LogP contribution in [0.15, 0.2) is 54.9 Å². The number of rotatable bonds is 5. The molecule has 4 heterocycles. The van der Waals surface area contributed by atoms with E-state index in [0.29, 0.717) is 22.5 Å². The Balaban J connectivity index is 1.49. The number of benzene rings is 1. The number of aromatic nitrogens is 4. The molecule has 31 heavy (non-hydrogen) atoms. The number of nitrogens with one attached hydrogen (secondary N) is 1. The first-order valence-corrected chi connectivity index (χ1v) is 10.3. The zero-order valence-corrected chi connectivity index (χ0v) is 17.7. The van der Waals surface area contributed by atoms with Crippen molar-refractivity contribution in [3.8, 4) is 17.1 Å². The van der Waals surface area contributed by atoms with Gasteiger partial charge in [0, 0.05) is 31.2 Å². The average molecular weight is 437 g/mol. The van der Waals surface area contributed by atoms with Crippen molar-refractivity contribution in [2.24, 2.45) is 0 Å². The molecule has 5 rings (SSSR count). The molecule has 0 radical (unpaired) electrons. The van der Waals surface area contributed by atoms with Crippen LogP contribution in [0.4, 0.5) is 17.3 Å². The van der Waals surface area contributed by atoms with E-state index in [2.05, 4.69) is 25.2 Å². The fraction of sp³-hybridized carbons (Fsp3) is 0.227. The summed E-state index contributed by atoms with van der Waals surface area (Å²) < 4.78 is 12.9. The third-order valence-electron chi connectivity index (χ3n) is 5.19. The van der Waals surface area contributed by atoms with Crippen molar-refractivity contribution in [2.45, 2.75) is 0 Å². The highest BCUT2D eigenvalue weighted by Crippen LogP contribution is 2.33. The summed E-state index contributed by atoms with van der Waals surface area (Å²) >= 11 is 6.42. The normalized spacial score (nSPS) is 14.1. The van der Waals surface area contributed by atoms with Crippen LogP contribution in [0.5, 0.6) is 5.75 Å². The molecule has 0 spiro atoms. The van der Waals surface area contributed by atoms with Gasteiger partial charge in [0.1, 0.15) is 17.1 Å². The second kappa shape index (κ2) is 8.41. The third-order valence-corrected chi connectivity index (χ3v) is 5.45. The van der Waals surface area contributed by atoms with Crippen LogP contribution in [-0.4, -0.2) is 52.8 Å². The van der Waals surface area contributed by atoms with Gasteiger partial charge in [-0.05, 0) is 36.4 Å². The first-order chi connectivity index (χ1) is 15.2. The van der Waals surface area contributed by atoms with Crippen LogP contribution in [0.25, 0.3) is 17.0 Å². The lowest BCUT2D eigenvalue weighted by Gasteiger charge is -2.29. The van der Waals surface area contributed by atoms with E-state index < -0.39 is 0 Å². The lowest BCUT2D eigenvalue weighted by molar-refractivity contribution is 0.122. The number of pyridine rings is 1. The van der Waals surface area contributed by atoms with Crippen LogP contribution in [0, 0.1) is 0 Å². The van der Waals surface area contributed by atoms with Crippen LogP contribution >= 0.6 is 11.6 Å². The minimum absolute atomic E-state index is 0.391. The number of morpholine rings is 1. The molecule has 1 aromatic carbocycles. The van der Waals surface area contributed by atoms with E-state index in [1.165, 1.54) is 0 Å². The number of imidazole rings is 1. The summed E-state index contributed by atoms with van der Waals surface area (Å²) in [6.07, 6.45) is 3.61. The fourth-order valence-corrected chi connectivity index (χ4v) is 3.95. The number of hydrogen-bond donors (Lipinski definition) is 1. The Kier molecular flexibility index (Phi) is 5.31. The average Bonchev–Trinajstić information content (AvgIpc) is 3.15. The van der Waals surface area contributed by atoms with Crippen LogP contribution < -0.4 is 15.0 Å². The topological polar surface area (TPSA) is 76.8 Å². The molecule has 1 aliphatic rings. The van der Waals surface area contributed by atoms with Gasteiger partial charge in [-0.1, -0.05) is 17.7 Å². The smallest absolute Gasteiger partial charge is 0.227 e. The molecule has 0 saturated carbocycles. The lowest BCUT2D eigenvalue weighted by atomic mass is 10.2. The SMILES string of the molecule is COc1ccc(N2CCOCC2)cc1Nc1nccc(-c2c(Cl)nc3ccccn23)n1. The molecule has 4 aromatic rings. The van der Waals surface area contributed by atoms with Crippen molar-refractivity contribution in [1.82, 2.24) is 19.4 Å². The Morgan fingerprint density at radius 2 is 1.97 bits per heavy atom. The van der Waals surface area contributed by atoms with E-state index in [1.54, 1.807) is 13.3 Å². The lowest BCUT2D eigenvalue weighted by Crippen LogP contribution is -2.36. The summed E-state index contributed by atoms with van der Waals surface area (Å²) in [6.45, 7) is 3.15. The Labute approximate surface area is 184 Å². The highest BCUT2D eigenvalue weighted by Gasteiger charge is 2.16. The van der Waals surface area contributed by atoms with Gasteiger partial charge in [0.05, 0.1) is 31.7 Å². The van der Waals surface area contributed by atoms with Gasteiger partial charge in [-0.25, -0.2) is 15.0 Å². The van der Waals surface area contributed by atoms with E-state index in [4.69, 9.17) is 21.1 Å². The monoisotopic (exact) mass is 436 g/mol. The standard InChI is InChI=1S/C22H21ClN6O2/c1-30-18-6-5-15(28-10-12-31-13-11-28)14-17(18)26-22-24-8-7-16(25-22)20-21(23)27-19-4-2-3-9-29(19)20/h2-9,14H,10-13H2,1H3,(H,24,25,26). The van der Waals surface area contributed by atoms with Gasteiger partial charge in [-0.2, -0.15) is 0 Å². The van der Waals surface area contributed by atoms with E-state index in [9.17, 15) is 0 Å². The number of halogens is 1. The van der Waals surface area contributed by atoms with Crippen LogP contribution in [0.2, 0.25) is 5.15 Å². The van der Waals surface area contributed by atoms with E-state index >= 15 is 0 Å². The van der Waals surface area contributed by atoms with E-state index in [-0.39, 0.29) is 0 Å². The zero-order valence-electron chi connectivity index (χ0n) is 17.0. The molecule has 8 nitrogen and oxygen atoms in total. The summed E-state index contributed by atoms with van der Waals surface area (Å²) in [5.41, 5.74) is 4.03. The van der Waals surface area contributed by atoms with Gasteiger partial charge < -0.3 is 19.7 Å². The van der Waals surface area contributed by atoms with Gasteiger partial charge in [0.2, 0.25) is 5.95 Å². The minimum atomic E-state index is 0.391. The number of methoxy groups -OCH3 is 1. The first-order valence-electron chi connectivity index (χ1n) is 9.97. The summed E-state index contributed by atoms with van der Waals surface area (Å²) in [4.78, 5) is 15.8. The molecule has 9 heteroatoms. The summed E-state index contributed by atoms with van der Waals surface area (Å²) in [6, 6.07) is 13.6. The Bertz CT molecular complexity index is 1220. The number of nitrogens with zero attached hydrogens (tertiary/aromatic N) is 5. The molecular weight excluding hydrogens is 416 g/mol. The molecule has 0 unspecified atom stereocenters. The molecule has 1 aliphatic heterocycles. The van der Waals surface area contributed by atoms with E-state index in [0.717, 1.165) is 49.0 Å². The maximum atomic E-state index is 6.42. The van der Waals surface area contributed by atoms with Crippen LogP contribution in [0.1, 0.15) is 0 Å². The highest BCUT2D eigenvalue weighted by atomic mass is 35.5. The van der Waals surface area contributed by atoms with Crippen LogP contribution in [-0.2, 0) is 4.74 Å². The second-order valence-corrected chi connectivity index (χ2v) is 7.41. The predicted molar refractivity (Wildman–Crippen MR) is 121 cm³/mol. The number of ether oxygens (including phenoxy) is 2. The van der Waals surface area contributed by atoms with Crippen molar-refractivity contribution >= 4 is 34.6 Å². The molecule has 0 bridgehead atoms. The quantitative estimate of drug-likeness (QED) is 0.506. The predicted octanol–water partition coefficient (Wildman–Crippen LogP) is 4.03. The summed E-state index contributed by atoms with van der Waals surface area (Å²) in [7, 11) is 1.64. The molecule has 1 N–H and O–H groups in total. The third kappa shape index (κ3) is 3.87. The van der Waals surface area contributed by atoms with Crippen molar-refractivity contribution < 1.29 is 9.47 Å². The van der Waals surface area contributed by atoms with Crippen molar-refractivity contribution in [3.63, 3.8) is 0 Å². The second-order valence-electron chi connectivity index (χ2n) is 7.05. The fourth-order valence-electron chi connectivity index (χ4n) is 3.68. The summed E-state index contributed by atoms with van der Waals surface area (Å²) in [5.74, 6) is 1.15. The van der Waals surface area contributed by atoms with Gasteiger partial charge >= 0.3 is 0 Å². The number of anilines is 3. The molecule has 0 amide bonds. The van der Waals surface area contributed by atoms with Crippen molar-refractivity contribution in [3.05, 3.63) is 60.0 Å². The number of fused-ring (bicyclic) bond motifs is 1. The largest absolute Gasteiger partial charge is 0.495 e. The minimum Gasteiger partial charge on any atom is -0.495 e. The van der Waals surface area contributed by atoms with Gasteiger partial charge in [-0.3, -0.25) is 4.40 Å². The first kappa shape index (κ1) is 19.6. The molecule has 158 valence electrons. The van der Waals surface area contributed by atoms with Gasteiger partial charge in [0.25, 0.3) is 0 Å². The maximum Gasteiger partial charge on any atom is 0.227 e. The highest BCUT2D eigenvalue weighted by molar-refractivity contribution is 6.32.